The third-order valence-electron chi connectivity index (χ3n) is 2.74. The molecule has 15 heavy (non-hydrogen) atoms. The Kier molecular flexibility index (Phi) is 3.67. The van der Waals surface area contributed by atoms with Crippen LogP contribution in [0.3, 0.4) is 0 Å². The van der Waals surface area contributed by atoms with Gasteiger partial charge in [-0.15, -0.1) is 6.58 Å². The SMILES string of the molecule is C=C[C@](CC)(C(=O)OC)c1ccccc1. The zero-order valence-electron chi connectivity index (χ0n) is 9.19. The van der Waals surface area contributed by atoms with Crippen LogP contribution < -0.4 is 0 Å². The van der Waals surface area contributed by atoms with Gasteiger partial charge in [-0.1, -0.05) is 43.3 Å². The minimum absolute atomic E-state index is 0.258. The summed E-state index contributed by atoms with van der Waals surface area (Å²) in [6.45, 7) is 5.70. The van der Waals surface area contributed by atoms with Gasteiger partial charge in [-0.25, -0.2) is 0 Å². The molecule has 0 aromatic heterocycles. The van der Waals surface area contributed by atoms with Crippen LogP contribution in [0.2, 0.25) is 0 Å². The molecular formula is C13H16O2. The number of carbonyl (C=O) groups is 1. The number of esters is 1. The summed E-state index contributed by atoms with van der Waals surface area (Å²) >= 11 is 0. The van der Waals surface area contributed by atoms with Crippen LogP contribution in [-0.2, 0) is 14.9 Å². The van der Waals surface area contributed by atoms with E-state index in [0.29, 0.717) is 6.42 Å². The van der Waals surface area contributed by atoms with Gasteiger partial charge in [-0.2, -0.15) is 0 Å². The van der Waals surface area contributed by atoms with E-state index >= 15 is 0 Å². The van der Waals surface area contributed by atoms with Crippen molar-refractivity contribution in [1.29, 1.82) is 0 Å². The second-order valence-electron chi connectivity index (χ2n) is 3.39. The minimum Gasteiger partial charge on any atom is -0.468 e. The maximum atomic E-state index is 11.8. The normalized spacial score (nSPS) is 14.0. The first-order valence-electron chi connectivity index (χ1n) is 4.98. The van der Waals surface area contributed by atoms with E-state index in [1.54, 1.807) is 6.08 Å². The molecule has 0 heterocycles. The fourth-order valence-electron chi connectivity index (χ4n) is 1.73. The zero-order chi connectivity index (χ0) is 11.3. The van der Waals surface area contributed by atoms with Crippen LogP contribution >= 0.6 is 0 Å². The fraction of sp³-hybridized carbons (Fsp3) is 0.308. The average molecular weight is 204 g/mol. The van der Waals surface area contributed by atoms with Gasteiger partial charge in [-0.3, -0.25) is 4.79 Å². The van der Waals surface area contributed by atoms with Gasteiger partial charge in [0.15, 0.2) is 0 Å². The Balaban J connectivity index is 3.23. The van der Waals surface area contributed by atoms with Crippen LogP contribution in [-0.4, -0.2) is 13.1 Å². The lowest BCUT2D eigenvalue weighted by molar-refractivity contribution is -0.145. The maximum Gasteiger partial charge on any atom is 0.320 e. The molecular weight excluding hydrogens is 188 g/mol. The summed E-state index contributed by atoms with van der Waals surface area (Å²) < 4.78 is 4.84. The topological polar surface area (TPSA) is 26.3 Å². The first-order chi connectivity index (χ1) is 7.21. The van der Waals surface area contributed by atoms with Crippen molar-refractivity contribution in [1.82, 2.24) is 0 Å². The molecule has 80 valence electrons. The number of methoxy groups -OCH3 is 1. The van der Waals surface area contributed by atoms with E-state index < -0.39 is 5.41 Å². The van der Waals surface area contributed by atoms with Gasteiger partial charge in [0, 0.05) is 0 Å². The molecule has 0 fully saturated rings. The largest absolute Gasteiger partial charge is 0.468 e. The standard InChI is InChI=1S/C13H16O2/c1-4-13(5-2,12(14)15-3)11-9-7-6-8-10-11/h4,6-10H,1,5H2,2-3H3/t13-/m1/s1. The van der Waals surface area contributed by atoms with E-state index in [2.05, 4.69) is 6.58 Å². The van der Waals surface area contributed by atoms with Crippen LogP contribution in [0, 0.1) is 0 Å². The zero-order valence-corrected chi connectivity index (χ0v) is 9.19. The average Bonchev–Trinajstić information content (AvgIpc) is 2.32. The molecule has 0 aliphatic heterocycles. The lowest BCUT2D eigenvalue weighted by atomic mass is 9.78. The summed E-state index contributed by atoms with van der Waals surface area (Å²) in [4.78, 5) is 11.8. The number of rotatable bonds is 4. The first kappa shape index (κ1) is 11.5. The molecule has 0 saturated heterocycles. The maximum absolute atomic E-state index is 11.8. The van der Waals surface area contributed by atoms with Gasteiger partial charge in [0.05, 0.1) is 7.11 Å². The number of carbonyl (C=O) groups excluding carboxylic acids is 1. The molecule has 0 saturated carbocycles. The van der Waals surface area contributed by atoms with Gasteiger partial charge < -0.3 is 4.74 Å². The second-order valence-corrected chi connectivity index (χ2v) is 3.39. The summed E-state index contributed by atoms with van der Waals surface area (Å²) in [7, 11) is 1.40. The van der Waals surface area contributed by atoms with Crippen molar-refractivity contribution in [2.24, 2.45) is 0 Å². The third kappa shape index (κ3) is 1.94. The second kappa shape index (κ2) is 4.78. The molecule has 1 aromatic carbocycles. The molecule has 1 aromatic rings. The predicted molar refractivity (Wildman–Crippen MR) is 60.6 cm³/mol. The fourth-order valence-corrected chi connectivity index (χ4v) is 1.73. The van der Waals surface area contributed by atoms with Crippen LogP contribution in [0.1, 0.15) is 18.9 Å². The van der Waals surface area contributed by atoms with Crippen LogP contribution in [0.25, 0.3) is 0 Å². The molecule has 0 radical (unpaired) electrons. The Morgan fingerprint density at radius 1 is 1.47 bits per heavy atom. The summed E-state index contributed by atoms with van der Waals surface area (Å²) in [5.74, 6) is -0.258. The van der Waals surface area contributed by atoms with Crippen molar-refractivity contribution < 1.29 is 9.53 Å². The van der Waals surface area contributed by atoms with Gasteiger partial charge in [-0.05, 0) is 12.0 Å². The number of ether oxygens (including phenoxy) is 1. The Morgan fingerprint density at radius 3 is 2.47 bits per heavy atom. The van der Waals surface area contributed by atoms with E-state index in [-0.39, 0.29) is 5.97 Å². The molecule has 0 aliphatic rings. The van der Waals surface area contributed by atoms with E-state index in [4.69, 9.17) is 4.74 Å². The van der Waals surface area contributed by atoms with Gasteiger partial charge in [0.2, 0.25) is 0 Å². The molecule has 1 rings (SSSR count). The van der Waals surface area contributed by atoms with Crippen LogP contribution in [0.4, 0.5) is 0 Å². The van der Waals surface area contributed by atoms with E-state index in [9.17, 15) is 4.79 Å². The Labute approximate surface area is 90.6 Å². The Morgan fingerprint density at radius 2 is 2.07 bits per heavy atom. The third-order valence-corrected chi connectivity index (χ3v) is 2.74. The van der Waals surface area contributed by atoms with Crippen molar-refractivity contribution in [3.05, 3.63) is 48.6 Å². The molecule has 1 atom stereocenters. The van der Waals surface area contributed by atoms with Crippen LogP contribution in [0.15, 0.2) is 43.0 Å². The Hall–Kier alpha value is -1.57. The van der Waals surface area contributed by atoms with Crippen molar-refractivity contribution in [2.45, 2.75) is 18.8 Å². The molecule has 0 amide bonds. The van der Waals surface area contributed by atoms with Gasteiger partial charge in [0.25, 0.3) is 0 Å². The summed E-state index contributed by atoms with van der Waals surface area (Å²) in [5.41, 5.74) is 0.213. The van der Waals surface area contributed by atoms with Crippen molar-refractivity contribution in [3.8, 4) is 0 Å². The van der Waals surface area contributed by atoms with E-state index in [0.717, 1.165) is 5.56 Å². The first-order valence-corrected chi connectivity index (χ1v) is 4.98. The Bertz CT molecular complexity index is 343. The van der Waals surface area contributed by atoms with Gasteiger partial charge >= 0.3 is 5.97 Å². The smallest absolute Gasteiger partial charge is 0.320 e. The molecule has 0 unspecified atom stereocenters. The minimum atomic E-state index is -0.712. The highest BCUT2D eigenvalue weighted by Gasteiger charge is 2.36. The molecule has 0 N–H and O–H groups in total. The van der Waals surface area contributed by atoms with Crippen molar-refractivity contribution in [3.63, 3.8) is 0 Å². The van der Waals surface area contributed by atoms with E-state index in [1.807, 2.05) is 37.3 Å². The monoisotopic (exact) mass is 204 g/mol. The summed E-state index contributed by atoms with van der Waals surface area (Å²) in [5, 5.41) is 0. The molecule has 2 nitrogen and oxygen atoms in total. The number of hydrogen-bond acceptors (Lipinski definition) is 2. The van der Waals surface area contributed by atoms with Crippen molar-refractivity contribution in [2.75, 3.05) is 7.11 Å². The van der Waals surface area contributed by atoms with E-state index in [1.165, 1.54) is 7.11 Å². The number of benzene rings is 1. The predicted octanol–water partition coefficient (Wildman–Crippen LogP) is 2.69. The summed E-state index contributed by atoms with van der Waals surface area (Å²) in [6.07, 6.45) is 2.31. The van der Waals surface area contributed by atoms with Gasteiger partial charge in [0.1, 0.15) is 5.41 Å². The number of hydrogen-bond donors (Lipinski definition) is 0. The highest BCUT2D eigenvalue weighted by atomic mass is 16.5. The quantitative estimate of drug-likeness (QED) is 0.556. The molecule has 0 bridgehead atoms. The highest BCUT2D eigenvalue weighted by Crippen LogP contribution is 2.30. The lowest BCUT2D eigenvalue weighted by Crippen LogP contribution is -2.34. The summed E-state index contributed by atoms with van der Waals surface area (Å²) in [6, 6.07) is 9.58. The highest BCUT2D eigenvalue weighted by molar-refractivity contribution is 5.85. The molecule has 2 heteroatoms. The lowest BCUT2D eigenvalue weighted by Gasteiger charge is -2.26. The molecule has 0 spiro atoms. The van der Waals surface area contributed by atoms with Crippen molar-refractivity contribution >= 4 is 5.97 Å². The molecule has 0 aliphatic carbocycles. The van der Waals surface area contributed by atoms with Crippen LogP contribution in [0.5, 0.6) is 0 Å².